The molecule has 2 aromatic rings. The van der Waals surface area contributed by atoms with Crippen molar-refractivity contribution in [3.8, 4) is 0 Å². The van der Waals surface area contributed by atoms with E-state index in [1.54, 1.807) is 18.3 Å². The van der Waals surface area contributed by atoms with Gasteiger partial charge in [0.2, 0.25) is 11.8 Å². The van der Waals surface area contributed by atoms with E-state index in [1.807, 2.05) is 42.5 Å². The molecular formula is C18H15BrN4O2S. The Morgan fingerprint density at radius 3 is 2.81 bits per heavy atom. The van der Waals surface area contributed by atoms with Crippen molar-refractivity contribution in [2.45, 2.75) is 11.7 Å². The molecule has 2 N–H and O–H groups in total. The lowest BCUT2D eigenvalue weighted by atomic mass is 10.2. The van der Waals surface area contributed by atoms with Crippen LogP contribution in [0.2, 0.25) is 0 Å². The predicted octanol–water partition coefficient (Wildman–Crippen LogP) is 3.40. The van der Waals surface area contributed by atoms with Crippen molar-refractivity contribution in [1.82, 2.24) is 5.32 Å². The van der Waals surface area contributed by atoms with Gasteiger partial charge >= 0.3 is 0 Å². The summed E-state index contributed by atoms with van der Waals surface area (Å²) in [6.07, 6.45) is 1.67. The summed E-state index contributed by atoms with van der Waals surface area (Å²) in [5.41, 5.74) is 1.59. The molecule has 0 aliphatic carbocycles. The molecule has 0 spiro atoms. The van der Waals surface area contributed by atoms with E-state index in [9.17, 15) is 9.59 Å². The molecule has 6 nitrogen and oxygen atoms in total. The number of anilines is 1. The number of amidine groups is 1. The highest BCUT2D eigenvalue weighted by molar-refractivity contribution is 9.10. The van der Waals surface area contributed by atoms with Crippen LogP contribution in [0.3, 0.4) is 0 Å². The Morgan fingerprint density at radius 1 is 1.23 bits per heavy atom. The number of hydrogen-bond donors (Lipinski definition) is 2. The number of carbonyl (C=O) groups excluding carboxylic acids is 2. The number of carbonyl (C=O) groups is 2. The van der Waals surface area contributed by atoms with Crippen molar-refractivity contribution in [1.29, 1.82) is 0 Å². The zero-order valence-corrected chi connectivity index (χ0v) is 16.0. The van der Waals surface area contributed by atoms with Gasteiger partial charge in [-0.05, 0) is 29.8 Å². The molecule has 0 radical (unpaired) electrons. The first-order valence-electron chi connectivity index (χ1n) is 7.79. The van der Waals surface area contributed by atoms with Gasteiger partial charge in [0.25, 0.3) is 0 Å². The minimum Gasteiger partial charge on any atom is -0.326 e. The molecule has 1 aliphatic rings. The fourth-order valence-corrected chi connectivity index (χ4v) is 3.56. The van der Waals surface area contributed by atoms with Crippen LogP contribution in [0.4, 0.5) is 5.69 Å². The molecule has 0 unspecified atom stereocenters. The molecule has 26 heavy (non-hydrogen) atoms. The zero-order chi connectivity index (χ0) is 18.4. The molecule has 1 heterocycles. The molecule has 2 amide bonds. The molecule has 0 saturated carbocycles. The zero-order valence-electron chi connectivity index (χ0n) is 13.6. The third-order valence-corrected chi connectivity index (χ3v) is 4.97. The second kappa shape index (κ2) is 8.77. The van der Waals surface area contributed by atoms with Crippen molar-refractivity contribution < 1.29 is 9.59 Å². The van der Waals surface area contributed by atoms with Gasteiger partial charge in [-0.15, -0.1) is 5.10 Å². The van der Waals surface area contributed by atoms with Crippen molar-refractivity contribution >= 4 is 56.6 Å². The SMILES string of the molecule is O=C(C[C@@H]1S/C(=N/N=C\c2cccc(Br)c2)NC1=O)Nc1ccccc1. The third kappa shape index (κ3) is 5.27. The fraction of sp³-hybridized carbons (Fsp3) is 0.111. The largest absolute Gasteiger partial charge is 0.326 e. The number of rotatable bonds is 5. The normalized spacial score (nSPS) is 18.3. The number of nitrogens with zero attached hydrogens (tertiary/aromatic N) is 2. The highest BCUT2D eigenvalue weighted by Crippen LogP contribution is 2.23. The van der Waals surface area contributed by atoms with Crippen LogP contribution in [0.5, 0.6) is 0 Å². The van der Waals surface area contributed by atoms with Crippen LogP contribution in [0.15, 0.2) is 69.3 Å². The van der Waals surface area contributed by atoms with Crippen LogP contribution in [0.1, 0.15) is 12.0 Å². The number of nitrogens with one attached hydrogen (secondary N) is 2. The average molecular weight is 431 g/mol. The maximum absolute atomic E-state index is 12.1. The monoisotopic (exact) mass is 430 g/mol. The quantitative estimate of drug-likeness (QED) is 0.563. The van der Waals surface area contributed by atoms with Gasteiger partial charge in [0.05, 0.1) is 6.21 Å². The Kier molecular flexibility index (Phi) is 6.19. The summed E-state index contributed by atoms with van der Waals surface area (Å²) in [6, 6.07) is 16.7. The van der Waals surface area contributed by atoms with Gasteiger partial charge in [-0.1, -0.05) is 58.0 Å². The van der Waals surface area contributed by atoms with Crippen molar-refractivity contribution in [3.05, 3.63) is 64.6 Å². The first-order valence-corrected chi connectivity index (χ1v) is 9.46. The summed E-state index contributed by atoms with van der Waals surface area (Å²) >= 11 is 4.59. The van der Waals surface area contributed by atoms with Crippen LogP contribution in [0.25, 0.3) is 0 Å². The molecule has 132 valence electrons. The number of halogens is 1. The van der Waals surface area contributed by atoms with Crippen LogP contribution in [0, 0.1) is 0 Å². The van der Waals surface area contributed by atoms with Crippen LogP contribution >= 0.6 is 27.7 Å². The van der Waals surface area contributed by atoms with E-state index in [4.69, 9.17) is 0 Å². The van der Waals surface area contributed by atoms with Gasteiger partial charge in [0.15, 0.2) is 5.17 Å². The van der Waals surface area contributed by atoms with E-state index in [0.717, 1.165) is 10.0 Å². The van der Waals surface area contributed by atoms with Gasteiger partial charge in [0, 0.05) is 16.6 Å². The molecule has 0 bridgehead atoms. The van der Waals surface area contributed by atoms with Crippen molar-refractivity contribution in [2.75, 3.05) is 5.32 Å². The van der Waals surface area contributed by atoms with Crippen LogP contribution in [-0.4, -0.2) is 28.4 Å². The van der Waals surface area contributed by atoms with E-state index >= 15 is 0 Å². The number of hydrogen-bond acceptors (Lipinski definition) is 5. The lowest BCUT2D eigenvalue weighted by Crippen LogP contribution is -2.28. The maximum Gasteiger partial charge on any atom is 0.240 e. The first kappa shape index (κ1) is 18.3. The highest BCUT2D eigenvalue weighted by atomic mass is 79.9. The summed E-state index contributed by atoms with van der Waals surface area (Å²) in [7, 11) is 0. The van der Waals surface area contributed by atoms with Gasteiger partial charge in [-0.2, -0.15) is 5.10 Å². The molecule has 3 rings (SSSR count). The predicted molar refractivity (Wildman–Crippen MR) is 108 cm³/mol. The van der Waals surface area contributed by atoms with E-state index in [1.165, 1.54) is 11.8 Å². The minimum absolute atomic E-state index is 0.0692. The summed E-state index contributed by atoms with van der Waals surface area (Å²) < 4.78 is 0.946. The summed E-state index contributed by atoms with van der Waals surface area (Å²) in [5.74, 6) is -0.461. The van der Waals surface area contributed by atoms with E-state index in [2.05, 4.69) is 36.8 Å². The molecule has 1 saturated heterocycles. The Balaban J connectivity index is 1.55. The van der Waals surface area contributed by atoms with Crippen molar-refractivity contribution in [2.24, 2.45) is 10.2 Å². The molecule has 8 heteroatoms. The van der Waals surface area contributed by atoms with Crippen LogP contribution in [-0.2, 0) is 9.59 Å². The Morgan fingerprint density at radius 2 is 2.04 bits per heavy atom. The van der Waals surface area contributed by atoms with E-state index < -0.39 is 5.25 Å². The first-order chi connectivity index (χ1) is 12.6. The van der Waals surface area contributed by atoms with Crippen molar-refractivity contribution in [3.63, 3.8) is 0 Å². The molecule has 2 aromatic carbocycles. The third-order valence-electron chi connectivity index (χ3n) is 3.41. The molecule has 0 aromatic heterocycles. The number of thioether (sulfide) groups is 1. The van der Waals surface area contributed by atoms with E-state index in [-0.39, 0.29) is 18.2 Å². The Hall–Kier alpha value is -2.45. The average Bonchev–Trinajstić information content (AvgIpc) is 2.95. The van der Waals surface area contributed by atoms with E-state index in [0.29, 0.717) is 10.9 Å². The summed E-state index contributed by atoms with van der Waals surface area (Å²) in [6.45, 7) is 0. The molecule has 1 fully saturated rings. The Labute approximate surface area is 163 Å². The summed E-state index contributed by atoms with van der Waals surface area (Å²) in [5, 5.41) is 13.3. The summed E-state index contributed by atoms with van der Waals surface area (Å²) in [4.78, 5) is 24.1. The number of benzene rings is 2. The smallest absolute Gasteiger partial charge is 0.240 e. The minimum atomic E-state index is -0.515. The lowest BCUT2D eigenvalue weighted by Gasteiger charge is -2.06. The molecule has 1 aliphatic heterocycles. The number of amides is 2. The van der Waals surface area contributed by atoms with Gasteiger partial charge < -0.3 is 10.6 Å². The van der Waals surface area contributed by atoms with Gasteiger partial charge in [-0.3, -0.25) is 9.59 Å². The standard InChI is InChI=1S/C18H15BrN4O2S/c19-13-6-4-5-12(9-13)11-20-23-18-22-17(25)15(26-18)10-16(24)21-14-7-2-1-3-8-14/h1-9,11,15H,10H2,(H,21,24)(H,22,23,25)/b20-11-/t15-/m0/s1. The highest BCUT2D eigenvalue weighted by Gasteiger charge is 2.32. The molecular weight excluding hydrogens is 416 g/mol. The number of para-hydroxylation sites is 1. The maximum atomic E-state index is 12.1. The fourth-order valence-electron chi connectivity index (χ4n) is 2.22. The lowest BCUT2D eigenvalue weighted by molar-refractivity contribution is -0.122. The van der Waals surface area contributed by atoms with Gasteiger partial charge in [-0.25, -0.2) is 0 Å². The van der Waals surface area contributed by atoms with Gasteiger partial charge in [0.1, 0.15) is 5.25 Å². The second-order valence-corrected chi connectivity index (χ2v) is 7.53. The topological polar surface area (TPSA) is 82.9 Å². The molecule has 1 atom stereocenters. The second-order valence-electron chi connectivity index (χ2n) is 5.42. The van der Waals surface area contributed by atoms with Crippen LogP contribution < -0.4 is 10.6 Å². The Bertz CT molecular complexity index is 871.